The monoisotopic (exact) mass is 236 g/mol. The molecular weight excluding hydrogens is 212 g/mol. The highest BCUT2D eigenvalue weighted by molar-refractivity contribution is 5.28. The molecule has 0 radical (unpaired) electrons. The Morgan fingerprint density at radius 2 is 1.59 bits per heavy atom. The highest BCUT2D eigenvalue weighted by atomic mass is 16.5. The lowest BCUT2D eigenvalue weighted by Gasteiger charge is -2.25. The third-order valence-electron chi connectivity index (χ3n) is 3.31. The molecule has 2 nitrogen and oxygen atoms in total. The molecule has 0 saturated carbocycles. The summed E-state index contributed by atoms with van der Waals surface area (Å²) in [6.07, 6.45) is 0.892. The number of hydrogen-bond acceptors (Lipinski definition) is 2. The third-order valence-corrected chi connectivity index (χ3v) is 3.31. The first kappa shape index (κ1) is 14.2. The molecule has 0 aliphatic heterocycles. The molecular formula is C15H24O2. The summed E-state index contributed by atoms with van der Waals surface area (Å²) in [7, 11) is 1.74. The SMILES string of the molecule is COC(C)(C)Cc1ccc(C(C)(C)CO)cc1. The normalized spacial score (nSPS) is 12.8. The average Bonchev–Trinajstić information content (AvgIpc) is 2.29. The fraction of sp³-hybridized carbons (Fsp3) is 0.600. The Morgan fingerprint density at radius 3 is 2.00 bits per heavy atom. The fourth-order valence-corrected chi connectivity index (χ4v) is 1.73. The van der Waals surface area contributed by atoms with Gasteiger partial charge < -0.3 is 9.84 Å². The molecule has 0 unspecified atom stereocenters. The van der Waals surface area contributed by atoms with Crippen LogP contribution >= 0.6 is 0 Å². The van der Waals surface area contributed by atoms with Gasteiger partial charge in [0.1, 0.15) is 0 Å². The largest absolute Gasteiger partial charge is 0.395 e. The van der Waals surface area contributed by atoms with Gasteiger partial charge in [0.25, 0.3) is 0 Å². The van der Waals surface area contributed by atoms with Crippen LogP contribution in [0.2, 0.25) is 0 Å². The number of ether oxygens (including phenoxy) is 1. The molecule has 0 amide bonds. The first-order valence-corrected chi connectivity index (χ1v) is 6.06. The van der Waals surface area contributed by atoms with Crippen LogP contribution in [0.5, 0.6) is 0 Å². The van der Waals surface area contributed by atoms with E-state index in [-0.39, 0.29) is 17.6 Å². The van der Waals surface area contributed by atoms with E-state index in [0.29, 0.717) is 0 Å². The smallest absolute Gasteiger partial charge is 0.0662 e. The molecule has 0 saturated heterocycles. The highest BCUT2D eigenvalue weighted by Gasteiger charge is 2.20. The van der Waals surface area contributed by atoms with Crippen molar-refractivity contribution in [3.63, 3.8) is 0 Å². The molecule has 0 aromatic heterocycles. The van der Waals surface area contributed by atoms with Crippen LogP contribution in [-0.2, 0) is 16.6 Å². The molecule has 0 atom stereocenters. The second-order valence-electron chi connectivity index (χ2n) is 5.88. The third kappa shape index (κ3) is 3.83. The van der Waals surface area contributed by atoms with Gasteiger partial charge in [-0.05, 0) is 25.0 Å². The van der Waals surface area contributed by atoms with Gasteiger partial charge in [0.05, 0.1) is 12.2 Å². The lowest BCUT2D eigenvalue weighted by Crippen LogP contribution is -2.25. The fourth-order valence-electron chi connectivity index (χ4n) is 1.73. The maximum Gasteiger partial charge on any atom is 0.0662 e. The van der Waals surface area contributed by atoms with E-state index < -0.39 is 0 Å². The van der Waals surface area contributed by atoms with Crippen LogP contribution in [-0.4, -0.2) is 24.4 Å². The van der Waals surface area contributed by atoms with E-state index in [0.717, 1.165) is 6.42 Å². The van der Waals surface area contributed by atoms with Gasteiger partial charge in [0.15, 0.2) is 0 Å². The zero-order valence-electron chi connectivity index (χ0n) is 11.6. The second kappa shape index (κ2) is 5.19. The average molecular weight is 236 g/mol. The van der Waals surface area contributed by atoms with Crippen LogP contribution in [0.1, 0.15) is 38.8 Å². The molecule has 0 aliphatic rings. The summed E-state index contributed by atoms with van der Waals surface area (Å²) in [6.45, 7) is 8.41. The lowest BCUT2D eigenvalue weighted by molar-refractivity contribution is 0.0232. The van der Waals surface area contributed by atoms with E-state index in [4.69, 9.17) is 4.74 Å². The molecule has 96 valence electrons. The van der Waals surface area contributed by atoms with Gasteiger partial charge in [-0.1, -0.05) is 38.1 Å². The van der Waals surface area contributed by atoms with Gasteiger partial charge in [-0.25, -0.2) is 0 Å². The Hall–Kier alpha value is -0.860. The minimum Gasteiger partial charge on any atom is -0.395 e. The quantitative estimate of drug-likeness (QED) is 0.851. The molecule has 1 aromatic rings. The first-order chi connectivity index (χ1) is 7.80. The maximum atomic E-state index is 9.32. The lowest BCUT2D eigenvalue weighted by atomic mass is 9.84. The molecule has 0 spiro atoms. The van der Waals surface area contributed by atoms with Crippen molar-refractivity contribution in [2.45, 2.75) is 45.1 Å². The van der Waals surface area contributed by atoms with E-state index in [1.165, 1.54) is 11.1 Å². The van der Waals surface area contributed by atoms with Crippen molar-refractivity contribution in [1.29, 1.82) is 0 Å². The Kier molecular flexibility index (Phi) is 4.34. The maximum absolute atomic E-state index is 9.32. The summed E-state index contributed by atoms with van der Waals surface area (Å²) in [4.78, 5) is 0. The van der Waals surface area contributed by atoms with Gasteiger partial charge in [0, 0.05) is 18.9 Å². The first-order valence-electron chi connectivity index (χ1n) is 6.06. The topological polar surface area (TPSA) is 29.5 Å². The van der Waals surface area contributed by atoms with E-state index in [2.05, 4.69) is 38.1 Å². The van der Waals surface area contributed by atoms with Crippen molar-refractivity contribution in [2.24, 2.45) is 0 Å². The number of methoxy groups -OCH3 is 1. The molecule has 0 heterocycles. The molecule has 1 N–H and O–H groups in total. The second-order valence-corrected chi connectivity index (χ2v) is 5.88. The van der Waals surface area contributed by atoms with Crippen molar-refractivity contribution in [2.75, 3.05) is 13.7 Å². The number of rotatable bonds is 5. The molecule has 1 rings (SSSR count). The van der Waals surface area contributed by atoms with Crippen LogP contribution in [0.15, 0.2) is 24.3 Å². The van der Waals surface area contributed by atoms with E-state index in [1.54, 1.807) is 7.11 Å². The molecule has 17 heavy (non-hydrogen) atoms. The number of hydrogen-bond donors (Lipinski definition) is 1. The summed E-state index contributed by atoms with van der Waals surface area (Å²) in [6, 6.07) is 8.43. The predicted molar refractivity (Wildman–Crippen MR) is 71.3 cm³/mol. The van der Waals surface area contributed by atoms with E-state index in [9.17, 15) is 5.11 Å². The Morgan fingerprint density at radius 1 is 1.06 bits per heavy atom. The minimum atomic E-state index is -0.171. The van der Waals surface area contributed by atoms with Gasteiger partial charge in [-0.15, -0.1) is 0 Å². The standard InChI is InChI=1S/C15H24O2/c1-14(2,11-16)13-8-6-12(7-9-13)10-15(3,4)17-5/h6-9,16H,10-11H2,1-5H3. The summed E-state index contributed by atoms with van der Waals surface area (Å²) in [5, 5.41) is 9.32. The summed E-state index contributed by atoms with van der Waals surface area (Å²) in [5.74, 6) is 0. The van der Waals surface area contributed by atoms with Crippen LogP contribution in [0.25, 0.3) is 0 Å². The van der Waals surface area contributed by atoms with E-state index in [1.807, 2.05) is 13.8 Å². The van der Waals surface area contributed by atoms with Gasteiger partial charge in [0.2, 0.25) is 0 Å². The van der Waals surface area contributed by atoms with Crippen molar-refractivity contribution in [1.82, 2.24) is 0 Å². The summed E-state index contributed by atoms with van der Waals surface area (Å²) in [5.41, 5.74) is 2.12. The number of aliphatic hydroxyl groups is 1. The zero-order valence-corrected chi connectivity index (χ0v) is 11.6. The molecule has 2 heteroatoms. The number of aliphatic hydroxyl groups excluding tert-OH is 1. The van der Waals surface area contributed by atoms with E-state index >= 15 is 0 Å². The Balaban J connectivity index is 2.82. The molecule has 1 aromatic carbocycles. The van der Waals surface area contributed by atoms with Crippen molar-refractivity contribution >= 4 is 0 Å². The van der Waals surface area contributed by atoms with Crippen LogP contribution < -0.4 is 0 Å². The molecule has 0 bridgehead atoms. The van der Waals surface area contributed by atoms with Crippen LogP contribution in [0, 0.1) is 0 Å². The minimum absolute atomic E-state index is 0.131. The summed E-state index contributed by atoms with van der Waals surface area (Å²) < 4.78 is 5.42. The molecule has 0 fully saturated rings. The van der Waals surface area contributed by atoms with Crippen molar-refractivity contribution in [3.8, 4) is 0 Å². The van der Waals surface area contributed by atoms with Gasteiger partial charge in [-0.2, -0.15) is 0 Å². The van der Waals surface area contributed by atoms with Gasteiger partial charge in [-0.3, -0.25) is 0 Å². The van der Waals surface area contributed by atoms with Crippen LogP contribution in [0.4, 0.5) is 0 Å². The highest BCUT2D eigenvalue weighted by Crippen LogP contribution is 2.24. The number of benzene rings is 1. The van der Waals surface area contributed by atoms with Crippen molar-refractivity contribution in [3.05, 3.63) is 35.4 Å². The predicted octanol–water partition coefficient (Wildman–Crippen LogP) is 2.92. The van der Waals surface area contributed by atoms with Gasteiger partial charge >= 0.3 is 0 Å². The zero-order chi connectivity index (χ0) is 13.1. The Labute approximate surface area is 105 Å². The van der Waals surface area contributed by atoms with Crippen LogP contribution in [0.3, 0.4) is 0 Å². The Bertz CT molecular complexity index is 350. The summed E-state index contributed by atoms with van der Waals surface area (Å²) >= 11 is 0. The molecule has 0 aliphatic carbocycles. The van der Waals surface area contributed by atoms with Crippen molar-refractivity contribution < 1.29 is 9.84 Å².